The van der Waals surface area contributed by atoms with E-state index in [0.717, 1.165) is 42.0 Å². The molecule has 1 saturated heterocycles. The van der Waals surface area contributed by atoms with Crippen LogP contribution in [-0.4, -0.2) is 39.9 Å². The third-order valence-electron chi connectivity index (χ3n) is 4.54. The summed E-state index contributed by atoms with van der Waals surface area (Å²) in [5.41, 5.74) is 2.17. The quantitative estimate of drug-likeness (QED) is 0.875. The average Bonchev–Trinajstić information content (AvgIpc) is 3.12. The van der Waals surface area contributed by atoms with Gasteiger partial charge >= 0.3 is 0 Å². The first-order chi connectivity index (χ1) is 9.72. The van der Waals surface area contributed by atoms with E-state index in [1.54, 1.807) is 0 Å². The highest BCUT2D eigenvalue weighted by Crippen LogP contribution is 2.30. The molecule has 2 aliphatic rings. The molecule has 2 fully saturated rings. The first-order valence-electron chi connectivity index (χ1n) is 7.94. The van der Waals surface area contributed by atoms with Gasteiger partial charge in [-0.2, -0.15) is 5.10 Å². The molecule has 1 aliphatic heterocycles. The third-order valence-corrected chi connectivity index (χ3v) is 4.97. The van der Waals surface area contributed by atoms with Crippen molar-refractivity contribution in [2.45, 2.75) is 64.7 Å². The fourth-order valence-corrected chi connectivity index (χ4v) is 3.49. The van der Waals surface area contributed by atoms with E-state index < -0.39 is 0 Å². The number of likely N-dealkylation sites (tertiary alicyclic amines) is 1. The number of aromatic nitrogens is 2. The molecule has 1 saturated carbocycles. The number of hydrogen-bond donors (Lipinski definition) is 1. The molecule has 0 bridgehead atoms. The summed E-state index contributed by atoms with van der Waals surface area (Å²) in [4.78, 5) is 2.63. The van der Waals surface area contributed by atoms with Crippen molar-refractivity contribution >= 4 is 11.6 Å². The Hall–Kier alpha value is -0.580. The fourth-order valence-electron chi connectivity index (χ4n) is 3.15. The Morgan fingerprint density at radius 3 is 2.75 bits per heavy atom. The van der Waals surface area contributed by atoms with Crippen molar-refractivity contribution in [2.75, 3.05) is 13.1 Å². The summed E-state index contributed by atoms with van der Waals surface area (Å²) < 4.78 is 2.04. The Morgan fingerprint density at radius 2 is 2.10 bits per heavy atom. The molecule has 5 heteroatoms. The first kappa shape index (κ1) is 14.4. The van der Waals surface area contributed by atoms with Crippen molar-refractivity contribution in [1.82, 2.24) is 20.0 Å². The minimum Gasteiger partial charge on any atom is -0.307 e. The lowest BCUT2D eigenvalue weighted by molar-refractivity contribution is 0.317. The fraction of sp³-hybridized carbons (Fsp3) is 0.800. The van der Waals surface area contributed by atoms with E-state index in [2.05, 4.69) is 29.2 Å². The third kappa shape index (κ3) is 2.87. The second-order valence-corrected chi connectivity index (χ2v) is 6.35. The smallest absolute Gasteiger partial charge is 0.0863 e. The Labute approximate surface area is 126 Å². The van der Waals surface area contributed by atoms with Gasteiger partial charge in [-0.25, -0.2) is 0 Å². The van der Waals surface area contributed by atoms with Crippen molar-refractivity contribution in [2.24, 2.45) is 0 Å². The second kappa shape index (κ2) is 6.04. The van der Waals surface area contributed by atoms with Crippen LogP contribution in [0.2, 0.25) is 5.02 Å². The Balaban J connectivity index is 1.59. The summed E-state index contributed by atoms with van der Waals surface area (Å²) in [6.45, 7) is 8.40. The lowest BCUT2D eigenvalue weighted by Crippen LogP contribution is -2.33. The molecule has 1 aromatic heterocycles. The maximum Gasteiger partial charge on any atom is 0.0863 e. The molecular formula is C15H25ClN4. The largest absolute Gasteiger partial charge is 0.307 e. The van der Waals surface area contributed by atoms with Gasteiger partial charge in [0.25, 0.3) is 0 Å². The monoisotopic (exact) mass is 296 g/mol. The second-order valence-electron chi connectivity index (χ2n) is 5.97. The van der Waals surface area contributed by atoms with Gasteiger partial charge in [0.15, 0.2) is 0 Å². The summed E-state index contributed by atoms with van der Waals surface area (Å²) >= 11 is 6.45. The van der Waals surface area contributed by atoms with Crippen LogP contribution < -0.4 is 5.32 Å². The Kier molecular flexibility index (Phi) is 4.34. The van der Waals surface area contributed by atoms with Crippen molar-refractivity contribution in [3.63, 3.8) is 0 Å². The summed E-state index contributed by atoms with van der Waals surface area (Å²) in [6.07, 6.45) is 4.97. The molecule has 0 amide bonds. The van der Waals surface area contributed by atoms with Crippen LogP contribution in [0, 0.1) is 0 Å². The van der Waals surface area contributed by atoms with Gasteiger partial charge in [-0.15, -0.1) is 0 Å². The summed E-state index contributed by atoms with van der Waals surface area (Å²) in [5.74, 6) is 0. The van der Waals surface area contributed by atoms with Crippen LogP contribution >= 0.6 is 11.6 Å². The van der Waals surface area contributed by atoms with Gasteiger partial charge in [0.1, 0.15) is 0 Å². The maximum absolute atomic E-state index is 6.45. The number of nitrogens with zero attached hydrogens (tertiary/aromatic N) is 3. The highest BCUT2D eigenvalue weighted by atomic mass is 35.5. The zero-order valence-electron chi connectivity index (χ0n) is 12.5. The van der Waals surface area contributed by atoms with Crippen molar-refractivity contribution in [3.05, 3.63) is 16.4 Å². The van der Waals surface area contributed by atoms with Gasteiger partial charge in [0, 0.05) is 38.3 Å². The van der Waals surface area contributed by atoms with Crippen LogP contribution in [0.4, 0.5) is 0 Å². The lowest BCUT2D eigenvalue weighted by atomic mass is 10.2. The number of halogens is 1. The molecule has 4 nitrogen and oxygen atoms in total. The lowest BCUT2D eigenvalue weighted by Gasteiger charge is -2.16. The van der Waals surface area contributed by atoms with Gasteiger partial charge in [-0.3, -0.25) is 9.58 Å². The molecule has 1 unspecified atom stereocenters. The minimum absolute atomic E-state index is 0.608. The highest BCUT2D eigenvalue weighted by molar-refractivity contribution is 6.31. The van der Waals surface area contributed by atoms with Crippen molar-refractivity contribution in [3.8, 4) is 0 Å². The topological polar surface area (TPSA) is 33.1 Å². The van der Waals surface area contributed by atoms with Gasteiger partial charge in [-0.1, -0.05) is 18.5 Å². The van der Waals surface area contributed by atoms with Crippen LogP contribution in [0.25, 0.3) is 0 Å². The van der Waals surface area contributed by atoms with E-state index in [4.69, 9.17) is 11.6 Å². The number of rotatable bonds is 6. The average molecular weight is 297 g/mol. The van der Waals surface area contributed by atoms with E-state index in [1.165, 1.54) is 32.4 Å². The molecule has 112 valence electrons. The summed E-state index contributed by atoms with van der Waals surface area (Å²) in [5, 5.41) is 9.12. The van der Waals surface area contributed by atoms with Crippen LogP contribution in [-0.2, 0) is 19.5 Å². The molecule has 1 aromatic rings. The number of nitrogens with one attached hydrogen (secondary N) is 1. The van der Waals surface area contributed by atoms with Crippen LogP contribution in [0.1, 0.15) is 44.5 Å². The van der Waals surface area contributed by atoms with Crippen molar-refractivity contribution < 1.29 is 0 Å². The molecule has 0 aromatic carbocycles. The zero-order valence-corrected chi connectivity index (χ0v) is 13.3. The number of hydrogen-bond acceptors (Lipinski definition) is 3. The normalized spacial score (nSPS) is 23.6. The SMILES string of the molecule is CCc1nn(CC)c(CNC2CCN(C3CC3)C2)c1Cl. The molecule has 3 rings (SSSR count). The number of aryl methyl sites for hydroxylation is 2. The summed E-state index contributed by atoms with van der Waals surface area (Å²) in [6, 6.07) is 1.50. The van der Waals surface area contributed by atoms with E-state index in [0.29, 0.717) is 6.04 Å². The molecule has 20 heavy (non-hydrogen) atoms. The molecule has 1 aliphatic carbocycles. The molecular weight excluding hydrogens is 272 g/mol. The van der Waals surface area contributed by atoms with Crippen LogP contribution in [0.3, 0.4) is 0 Å². The molecule has 1 N–H and O–H groups in total. The van der Waals surface area contributed by atoms with Gasteiger partial charge < -0.3 is 5.32 Å². The molecule has 2 heterocycles. The van der Waals surface area contributed by atoms with E-state index in [9.17, 15) is 0 Å². The summed E-state index contributed by atoms with van der Waals surface area (Å²) in [7, 11) is 0. The predicted molar refractivity (Wildman–Crippen MR) is 82.1 cm³/mol. The molecule has 1 atom stereocenters. The zero-order chi connectivity index (χ0) is 14.1. The van der Waals surface area contributed by atoms with Gasteiger partial charge in [-0.05, 0) is 32.6 Å². The van der Waals surface area contributed by atoms with Crippen molar-refractivity contribution in [1.29, 1.82) is 0 Å². The van der Waals surface area contributed by atoms with Crippen LogP contribution in [0.5, 0.6) is 0 Å². The molecule has 0 radical (unpaired) electrons. The van der Waals surface area contributed by atoms with Gasteiger partial charge in [0.2, 0.25) is 0 Å². The molecule has 0 spiro atoms. The van der Waals surface area contributed by atoms with E-state index >= 15 is 0 Å². The highest BCUT2D eigenvalue weighted by Gasteiger charge is 2.34. The van der Waals surface area contributed by atoms with Gasteiger partial charge in [0.05, 0.1) is 16.4 Å². The predicted octanol–water partition coefficient (Wildman–Crippen LogP) is 2.45. The maximum atomic E-state index is 6.45. The minimum atomic E-state index is 0.608. The first-order valence-corrected chi connectivity index (χ1v) is 8.32. The Bertz CT molecular complexity index is 467. The van der Waals surface area contributed by atoms with E-state index in [1.807, 2.05) is 4.68 Å². The Morgan fingerprint density at radius 1 is 1.30 bits per heavy atom. The van der Waals surface area contributed by atoms with E-state index in [-0.39, 0.29) is 0 Å². The van der Waals surface area contributed by atoms with Crippen LogP contribution in [0.15, 0.2) is 0 Å². The standard InChI is InChI=1S/C15H25ClN4/c1-3-13-15(16)14(20(4-2)18-13)9-17-11-7-8-19(10-11)12-5-6-12/h11-12,17H,3-10H2,1-2H3.